The molecule has 1 atom stereocenters. The fourth-order valence-corrected chi connectivity index (χ4v) is 1.68. The number of ether oxygens (including phenoxy) is 2. The number of hydrogen-bond donors (Lipinski definition) is 1. The van der Waals surface area contributed by atoms with Gasteiger partial charge in [-0.2, -0.15) is 0 Å². The Bertz CT molecular complexity index is 512. The predicted octanol–water partition coefficient (Wildman–Crippen LogP) is 1.75. The molecule has 1 aromatic rings. The number of likely N-dealkylation sites (N-methyl/N-ethyl adjacent to an activating group) is 1. The van der Waals surface area contributed by atoms with E-state index < -0.39 is 6.10 Å². The number of methoxy groups -OCH3 is 1. The van der Waals surface area contributed by atoms with Crippen LogP contribution in [0.2, 0.25) is 0 Å². The molecule has 1 N–H and O–H groups in total. The second kappa shape index (κ2) is 6.79. The fraction of sp³-hybridized carbons (Fsp3) is 0.429. The van der Waals surface area contributed by atoms with Crippen LogP contribution in [0.1, 0.15) is 19.4 Å². The van der Waals surface area contributed by atoms with Crippen LogP contribution in [-0.4, -0.2) is 49.0 Å². The van der Waals surface area contributed by atoms with Crippen LogP contribution < -0.4 is 9.47 Å². The smallest absolute Gasteiger partial charge is 0.262 e. The molecule has 20 heavy (non-hydrogen) atoms. The lowest BCUT2D eigenvalue weighted by atomic mass is 10.1. The van der Waals surface area contributed by atoms with Crippen LogP contribution in [0.15, 0.2) is 23.4 Å². The van der Waals surface area contributed by atoms with E-state index in [1.54, 1.807) is 53.3 Å². The van der Waals surface area contributed by atoms with E-state index in [9.17, 15) is 4.79 Å². The molecule has 0 aliphatic rings. The average Bonchev–Trinajstić information content (AvgIpc) is 2.45. The summed E-state index contributed by atoms with van der Waals surface area (Å²) in [6, 6.07) is 5.11. The van der Waals surface area contributed by atoms with Gasteiger partial charge in [0.15, 0.2) is 6.10 Å². The minimum absolute atomic E-state index is 0.155. The summed E-state index contributed by atoms with van der Waals surface area (Å²) in [7, 11) is 4.87. The average molecular weight is 280 g/mol. The third kappa shape index (κ3) is 3.63. The molecule has 0 saturated heterocycles. The van der Waals surface area contributed by atoms with Gasteiger partial charge in [0, 0.05) is 25.7 Å². The molecule has 0 heterocycles. The number of amides is 1. The third-order valence-electron chi connectivity index (χ3n) is 2.82. The largest absolute Gasteiger partial charge is 0.497 e. The Morgan fingerprint density at radius 1 is 1.40 bits per heavy atom. The van der Waals surface area contributed by atoms with Gasteiger partial charge in [0.1, 0.15) is 11.5 Å². The number of nitrogens with zero attached hydrogens (tertiary/aromatic N) is 2. The number of carbonyl (C=O) groups excluding carboxylic acids is 1. The maximum Gasteiger partial charge on any atom is 0.262 e. The van der Waals surface area contributed by atoms with Crippen LogP contribution in [0, 0.1) is 0 Å². The number of hydrogen-bond acceptors (Lipinski definition) is 5. The fourth-order valence-electron chi connectivity index (χ4n) is 1.68. The quantitative estimate of drug-likeness (QED) is 0.507. The Morgan fingerprint density at radius 3 is 2.55 bits per heavy atom. The Labute approximate surface area is 118 Å². The topological polar surface area (TPSA) is 71.4 Å². The molecular weight excluding hydrogens is 260 g/mol. The Balaban J connectivity index is 3.11. The highest BCUT2D eigenvalue weighted by Crippen LogP contribution is 2.26. The lowest BCUT2D eigenvalue weighted by Crippen LogP contribution is -2.35. The first-order valence-corrected chi connectivity index (χ1v) is 6.15. The van der Waals surface area contributed by atoms with E-state index in [-0.39, 0.29) is 5.91 Å². The molecule has 0 aromatic heterocycles. The Hall–Kier alpha value is -2.24. The molecule has 1 rings (SSSR count). The molecule has 1 aromatic carbocycles. The molecule has 0 aliphatic carbocycles. The summed E-state index contributed by atoms with van der Waals surface area (Å²) in [6.45, 7) is 3.31. The summed E-state index contributed by atoms with van der Waals surface area (Å²) in [5.74, 6) is 0.874. The maximum absolute atomic E-state index is 11.8. The van der Waals surface area contributed by atoms with Crippen molar-refractivity contribution in [3.8, 4) is 11.5 Å². The number of oxime groups is 1. The second-order valence-electron chi connectivity index (χ2n) is 4.54. The molecule has 1 amide bonds. The zero-order valence-corrected chi connectivity index (χ0v) is 12.4. The minimum atomic E-state index is -0.651. The predicted molar refractivity (Wildman–Crippen MR) is 75.8 cm³/mol. The van der Waals surface area contributed by atoms with Gasteiger partial charge in [0.05, 0.1) is 12.8 Å². The number of rotatable bonds is 5. The molecular formula is C14H20N2O4. The van der Waals surface area contributed by atoms with E-state index in [1.807, 2.05) is 0 Å². The first kappa shape index (κ1) is 15.8. The second-order valence-corrected chi connectivity index (χ2v) is 4.54. The summed E-state index contributed by atoms with van der Waals surface area (Å²) in [6.07, 6.45) is -0.651. The van der Waals surface area contributed by atoms with Gasteiger partial charge in [-0.3, -0.25) is 4.79 Å². The van der Waals surface area contributed by atoms with E-state index >= 15 is 0 Å². The highest BCUT2D eigenvalue weighted by Gasteiger charge is 2.19. The van der Waals surface area contributed by atoms with Crippen LogP contribution in [0.25, 0.3) is 0 Å². The van der Waals surface area contributed by atoms with Crippen LogP contribution in [0.5, 0.6) is 11.5 Å². The summed E-state index contributed by atoms with van der Waals surface area (Å²) in [4.78, 5) is 13.3. The minimum Gasteiger partial charge on any atom is -0.497 e. The zero-order chi connectivity index (χ0) is 15.3. The van der Waals surface area contributed by atoms with E-state index in [1.165, 1.54) is 4.90 Å². The van der Waals surface area contributed by atoms with Crippen LogP contribution in [0.3, 0.4) is 0 Å². The van der Waals surface area contributed by atoms with Crippen molar-refractivity contribution in [2.45, 2.75) is 20.0 Å². The van der Waals surface area contributed by atoms with Gasteiger partial charge in [-0.15, -0.1) is 0 Å². The Kier molecular flexibility index (Phi) is 5.37. The van der Waals surface area contributed by atoms with Crippen LogP contribution in [-0.2, 0) is 4.79 Å². The number of benzene rings is 1. The SMILES string of the molecule is COc1ccc(/C(C)=N/O)c(OC(C)C(=O)N(C)C)c1. The zero-order valence-electron chi connectivity index (χ0n) is 12.4. The normalized spacial score (nSPS) is 12.8. The van der Waals surface area contributed by atoms with Crippen molar-refractivity contribution in [1.29, 1.82) is 0 Å². The summed E-state index contributed by atoms with van der Waals surface area (Å²) in [5.41, 5.74) is 0.999. The molecule has 0 radical (unpaired) electrons. The molecule has 0 spiro atoms. The summed E-state index contributed by atoms with van der Waals surface area (Å²) in [5, 5.41) is 12.1. The molecule has 0 saturated carbocycles. The molecule has 110 valence electrons. The van der Waals surface area contributed by atoms with Crippen molar-refractivity contribution < 1.29 is 19.5 Å². The molecule has 0 aliphatic heterocycles. The first-order valence-electron chi connectivity index (χ1n) is 6.15. The third-order valence-corrected chi connectivity index (χ3v) is 2.82. The monoisotopic (exact) mass is 280 g/mol. The van der Waals surface area contributed by atoms with Crippen molar-refractivity contribution in [1.82, 2.24) is 4.90 Å². The molecule has 6 heteroatoms. The molecule has 1 unspecified atom stereocenters. The lowest BCUT2D eigenvalue weighted by molar-refractivity contribution is -0.135. The van der Waals surface area contributed by atoms with Gasteiger partial charge in [0.2, 0.25) is 0 Å². The number of carbonyl (C=O) groups is 1. The van der Waals surface area contributed by atoms with Gasteiger partial charge in [-0.25, -0.2) is 0 Å². The van der Waals surface area contributed by atoms with Crippen LogP contribution in [0.4, 0.5) is 0 Å². The van der Waals surface area contributed by atoms with Crippen molar-refractivity contribution >= 4 is 11.6 Å². The summed E-state index contributed by atoms with van der Waals surface area (Å²) >= 11 is 0. The molecule has 0 fully saturated rings. The van der Waals surface area contributed by atoms with Gasteiger partial charge in [-0.1, -0.05) is 5.16 Å². The first-order chi connectivity index (χ1) is 9.40. The highest BCUT2D eigenvalue weighted by molar-refractivity contribution is 6.01. The van der Waals surface area contributed by atoms with Crippen molar-refractivity contribution in [3.05, 3.63) is 23.8 Å². The lowest BCUT2D eigenvalue weighted by Gasteiger charge is -2.20. The molecule has 0 bridgehead atoms. The van der Waals surface area contributed by atoms with Gasteiger partial charge < -0.3 is 19.6 Å². The van der Waals surface area contributed by atoms with Gasteiger partial charge in [-0.05, 0) is 26.0 Å². The van der Waals surface area contributed by atoms with Crippen LogP contribution >= 0.6 is 0 Å². The van der Waals surface area contributed by atoms with Gasteiger partial charge >= 0.3 is 0 Å². The van der Waals surface area contributed by atoms with Crippen molar-refractivity contribution in [3.63, 3.8) is 0 Å². The standard InChI is InChI=1S/C14H20N2O4/c1-9(15-18)12-7-6-11(19-5)8-13(12)20-10(2)14(17)16(3)4/h6-8,10,18H,1-5H3/b15-9+. The maximum atomic E-state index is 11.8. The van der Waals surface area contributed by atoms with E-state index in [0.29, 0.717) is 22.8 Å². The van der Waals surface area contributed by atoms with E-state index in [0.717, 1.165) is 0 Å². The van der Waals surface area contributed by atoms with E-state index in [2.05, 4.69) is 5.16 Å². The molecule has 6 nitrogen and oxygen atoms in total. The van der Waals surface area contributed by atoms with Crippen molar-refractivity contribution in [2.24, 2.45) is 5.16 Å². The van der Waals surface area contributed by atoms with Crippen molar-refractivity contribution in [2.75, 3.05) is 21.2 Å². The Morgan fingerprint density at radius 2 is 2.05 bits per heavy atom. The highest BCUT2D eigenvalue weighted by atomic mass is 16.5. The van der Waals surface area contributed by atoms with E-state index in [4.69, 9.17) is 14.7 Å². The van der Waals surface area contributed by atoms with Gasteiger partial charge in [0.25, 0.3) is 5.91 Å². The summed E-state index contributed by atoms with van der Waals surface area (Å²) < 4.78 is 10.8.